The van der Waals surface area contributed by atoms with Crippen molar-refractivity contribution >= 4 is 15.7 Å². The molecule has 0 spiro atoms. The maximum Gasteiger partial charge on any atom is 0.265 e. The molecule has 7 heteroatoms. The summed E-state index contributed by atoms with van der Waals surface area (Å²) in [7, 11) is 1.28. The minimum Gasteiger partial charge on any atom is -0.497 e. The molecule has 0 aliphatic rings. The van der Waals surface area contributed by atoms with Crippen LogP contribution in [0.25, 0.3) is 0 Å². The van der Waals surface area contributed by atoms with Crippen LogP contribution in [0.4, 0.5) is 5.69 Å². The van der Waals surface area contributed by atoms with Gasteiger partial charge in [-0.15, -0.1) is 0 Å². The van der Waals surface area contributed by atoms with Crippen molar-refractivity contribution in [3.8, 4) is 5.75 Å². The van der Waals surface area contributed by atoms with E-state index in [0.717, 1.165) is 5.69 Å². The van der Waals surface area contributed by atoms with Crippen LogP contribution >= 0.6 is 0 Å². The van der Waals surface area contributed by atoms with E-state index in [1.807, 2.05) is 0 Å². The molecule has 0 bridgehead atoms. The van der Waals surface area contributed by atoms with Crippen LogP contribution in [0.2, 0.25) is 0 Å². The van der Waals surface area contributed by atoms with Crippen LogP contribution < -0.4 is 14.4 Å². The van der Waals surface area contributed by atoms with Gasteiger partial charge in [-0.2, -0.15) is 0 Å². The molecule has 1 heterocycles. The number of hydrogen-bond acceptors (Lipinski definition) is 4. The second-order valence-corrected chi connectivity index (χ2v) is 6.53. The fourth-order valence-corrected chi connectivity index (χ4v) is 3.17. The molecule has 2 aromatic rings. The first-order valence-corrected chi connectivity index (χ1v) is 7.88. The van der Waals surface area contributed by atoms with Gasteiger partial charge in [-0.25, -0.2) is 8.42 Å². The van der Waals surface area contributed by atoms with Gasteiger partial charge in [-0.05, 0) is 25.2 Å². The number of nitrogens with zero attached hydrogens (tertiary/aromatic N) is 1. The van der Waals surface area contributed by atoms with Gasteiger partial charge in [0, 0.05) is 31.5 Å². The third-order valence-corrected chi connectivity index (χ3v) is 4.92. The van der Waals surface area contributed by atoms with E-state index >= 15 is 0 Å². The fraction of sp³-hybridized carbons (Fsp3) is 0.286. The molecule has 0 radical (unpaired) electrons. The number of aromatic nitrogens is 1. The highest BCUT2D eigenvalue weighted by molar-refractivity contribution is 7.92. The molecule has 0 unspecified atom stereocenters. The number of hydrogen-bond donors (Lipinski definition) is 2. The summed E-state index contributed by atoms with van der Waals surface area (Å²) in [5, 5.41) is 2.97. The second-order valence-electron chi connectivity index (χ2n) is 4.56. The number of nitrogens with one attached hydrogen (secondary N) is 2. The zero-order valence-corrected chi connectivity index (χ0v) is 13.1. The Morgan fingerprint density at radius 2 is 2.10 bits per heavy atom. The molecular weight excluding hydrogens is 290 g/mol. The molecule has 0 fully saturated rings. The number of aromatic amines is 1. The zero-order valence-electron chi connectivity index (χ0n) is 12.3. The highest BCUT2D eigenvalue weighted by Gasteiger charge is 2.22. The van der Waals surface area contributed by atoms with Crippen LogP contribution in [0, 0.1) is 0 Å². The quantitative estimate of drug-likeness (QED) is 0.849. The van der Waals surface area contributed by atoms with E-state index in [1.165, 1.54) is 17.5 Å². The Kier molecular flexibility index (Phi) is 4.54. The number of rotatable bonds is 6. The van der Waals surface area contributed by atoms with E-state index in [0.29, 0.717) is 18.0 Å². The highest BCUT2D eigenvalue weighted by atomic mass is 32.2. The van der Waals surface area contributed by atoms with Crippen molar-refractivity contribution in [2.75, 3.05) is 25.5 Å². The Morgan fingerprint density at radius 1 is 1.33 bits per heavy atom. The molecule has 114 valence electrons. The number of methoxy groups -OCH3 is 1. The predicted molar refractivity (Wildman–Crippen MR) is 82.1 cm³/mol. The van der Waals surface area contributed by atoms with Crippen LogP contribution in [0.3, 0.4) is 0 Å². The lowest BCUT2D eigenvalue weighted by molar-refractivity contribution is 0.415. The Hall–Kier alpha value is -1.99. The molecule has 1 aromatic heterocycles. The molecular formula is C14H19N3O3S. The van der Waals surface area contributed by atoms with E-state index in [2.05, 4.69) is 10.3 Å². The summed E-state index contributed by atoms with van der Waals surface area (Å²) in [5.74, 6) is 0.611. The van der Waals surface area contributed by atoms with Gasteiger partial charge >= 0.3 is 0 Å². The van der Waals surface area contributed by atoms with Gasteiger partial charge in [0.05, 0.1) is 12.8 Å². The molecule has 0 aliphatic heterocycles. The van der Waals surface area contributed by atoms with E-state index in [-0.39, 0.29) is 4.90 Å². The van der Waals surface area contributed by atoms with Gasteiger partial charge in [-0.3, -0.25) is 4.31 Å². The van der Waals surface area contributed by atoms with Gasteiger partial charge in [0.25, 0.3) is 10.0 Å². The van der Waals surface area contributed by atoms with Gasteiger partial charge in [-0.1, -0.05) is 6.07 Å². The molecule has 2 N–H and O–H groups in total. The van der Waals surface area contributed by atoms with E-state index in [9.17, 15) is 8.42 Å². The lowest BCUT2D eigenvalue weighted by atomic mass is 10.3. The van der Waals surface area contributed by atoms with Crippen LogP contribution in [0.5, 0.6) is 5.75 Å². The first-order valence-electron chi connectivity index (χ1n) is 6.44. The Labute approximate surface area is 124 Å². The van der Waals surface area contributed by atoms with Crippen molar-refractivity contribution in [3.63, 3.8) is 0 Å². The lowest BCUT2D eigenvalue weighted by Crippen LogP contribution is -2.26. The maximum atomic E-state index is 12.6. The number of H-pyrrole nitrogens is 1. The molecule has 0 aliphatic carbocycles. The van der Waals surface area contributed by atoms with Gasteiger partial charge < -0.3 is 15.0 Å². The summed E-state index contributed by atoms with van der Waals surface area (Å²) in [6.07, 6.45) is 1.50. The van der Waals surface area contributed by atoms with Crippen molar-refractivity contribution < 1.29 is 13.2 Å². The minimum atomic E-state index is -3.60. The van der Waals surface area contributed by atoms with Crippen LogP contribution in [-0.4, -0.2) is 34.6 Å². The lowest BCUT2D eigenvalue weighted by Gasteiger charge is -2.19. The van der Waals surface area contributed by atoms with Gasteiger partial charge in [0.15, 0.2) is 0 Å². The minimum absolute atomic E-state index is 0.234. The summed E-state index contributed by atoms with van der Waals surface area (Å²) < 4.78 is 31.6. The third kappa shape index (κ3) is 3.20. The van der Waals surface area contributed by atoms with Crippen LogP contribution in [0.1, 0.15) is 5.69 Å². The van der Waals surface area contributed by atoms with Gasteiger partial charge in [0.2, 0.25) is 0 Å². The molecule has 1 aromatic carbocycles. The summed E-state index contributed by atoms with van der Waals surface area (Å²) in [4.78, 5) is 3.18. The Bertz CT molecular complexity index is 710. The maximum absolute atomic E-state index is 12.6. The first kappa shape index (κ1) is 15.4. The SMILES string of the molecule is CNCc1cc(S(=O)(=O)N(C)c2cccc(OC)c2)c[nH]1. The summed E-state index contributed by atoms with van der Waals surface area (Å²) in [5.41, 5.74) is 1.36. The zero-order chi connectivity index (χ0) is 15.5. The number of ether oxygens (including phenoxy) is 1. The molecule has 21 heavy (non-hydrogen) atoms. The second kappa shape index (κ2) is 6.19. The summed E-state index contributed by atoms with van der Waals surface area (Å²) in [6.45, 7) is 0.582. The Balaban J connectivity index is 2.32. The largest absolute Gasteiger partial charge is 0.497 e. The van der Waals surface area contributed by atoms with E-state index < -0.39 is 10.0 Å². The monoisotopic (exact) mass is 309 g/mol. The van der Waals surface area contributed by atoms with Gasteiger partial charge in [0.1, 0.15) is 10.6 Å². The van der Waals surface area contributed by atoms with Crippen molar-refractivity contribution in [3.05, 3.63) is 42.2 Å². The van der Waals surface area contributed by atoms with Crippen molar-refractivity contribution in [2.45, 2.75) is 11.4 Å². The van der Waals surface area contributed by atoms with E-state index in [1.54, 1.807) is 44.5 Å². The normalized spacial score (nSPS) is 11.4. The average Bonchev–Trinajstić information content (AvgIpc) is 2.96. The van der Waals surface area contributed by atoms with Crippen molar-refractivity contribution in [1.82, 2.24) is 10.3 Å². The highest BCUT2D eigenvalue weighted by Crippen LogP contribution is 2.25. The van der Waals surface area contributed by atoms with E-state index in [4.69, 9.17) is 4.74 Å². The van der Waals surface area contributed by atoms with Crippen molar-refractivity contribution in [2.24, 2.45) is 0 Å². The molecule has 0 saturated heterocycles. The number of benzene rings is 1. The number of anilines is 1. The fourth-order valence-electron chi connectivity index (χ4n) is 1.96. The van der Waals surface area contributed by atoms with Crippen LogP contribution in [0.15, 0.2) is 41.4 Å². The number of sulfonamides is 1. The third-order valence-electron chi connectivity index (χ3n) is 3.16. The first-order chi connectivity index (χ1) is 9.98. The molecule has 6 nitrogen and oxygen atoms in total. The molecule has 2 rings (SSSR count). The van der Waals surface area contributed by atoms with Crippen LogP contribution in [-0.2, 0) is 16.6 Å². The van der Waals surface area contributed by atoms with Crippen molar-refractivity contribution in [1.29, 1.82) is 0 Å². The Morgan fingerprint density at radius 3 is 2.76 bits per heavy atom. The summed E-state index contributed by atoms with van der Waals surface area (Å²) in [6, 6.07) is 8.55. The average molecular weight is 309 g/mol. The summed E-state index contributed by atoms with van der Waals surface area (Å²) >= 11 is 0. The molecule has 0 amide bonds. The predicted octanol–water partition coefficient (Wildman–Crippen LogP) is 1.57. The molecule has 0 saturated carbocycles. The topological polar surface area (TPSA) is 74.4 Å². The standard InChI is InChI=1S/C14H19N3O3S/c1-15-9-11-7-14(10-16-11)21(18,19)17(2)12-5-4-6-13(8-12)20-3/h4-8,10,15-16H,9H2,1-3H3. The smallest absolute Gasteiger partial charge is 0.265 e. The molecule has 0 atom stereocenters.